The van der Waals surface area contributed by atoms with Crippen LogP contribution in [0.25, 0.3) is 22.6 Å². The number of likely N-dealkylation sites (N-methyl/N-ethyl adjacent to an activating group) is 1. The van der Waals surface area contributed by atoms with Gasteiger partial charge in [-0.25, -0.2) is 14.6 Å². The molecule has 0 saturated carbocycles. The number of nitrogens with two attached hydrogens (primary N) is 2. The number of aryl methyl sites for hydroxylation is 1. The molecule has 4 atom stereocenters. The molecule has 5 aromatic rings. The molecule has 1 aliphatic heterocycles. The SMILES string of the molecule is CC(Nc1nc(-c2noc3c2CCCC32CCCc3sc(N)c(C#N)c32)nc2c1cnn2C(C)C1CCCN1C)c1cc(N)n[nH]1. The highest BCUT2D eigenvalue weighted by Crippen LogP contribution is 2.55. The third-order valence-electron chi connectivity index (χ3n) is 10.5. The van der Waals surface area contributed by atoms with Gasteiger partial charge in [-0.15, -0.1) is 11.3 Å². The molecule has 0 bridgehead atoms. The molecule has 0 aromatic carbocycles. The quantitative estimate of drug-likeness (QED) is 0.194. The number of likely N-dealkylation sites (tertiary alicyclic amines) is 1. The number of hydrogen-bond donors (Lipinski definition) is 4. The summed E-state index contributed by atoms with van der Waals surface area (Å²) in [6.07, 6.45) is 9.58. The summed E-state index contributed by atoms with van der Waals surface area (Å²) < 4.78 is 8.34. The fourth-order valence-electron chi connectivity index (χ4n) is 8.22. The van der Waals surface area contributed by atoms with Crippen molar-refractivity contribution in [2.24, 2.45) is 0 Å². The molecule has 14 heteroatoms. The molecule has 2 aliphatic carbocycles. The van der Waals surface area contributed by atoms with Crippen LogP contribution in [0.4, 0.5) is 16.6 Å². The first-order chi connectivity index (χ1) is 22.3. The predicted octanol–water partition coefficient (Wildman–Crippen LogP) is 5.09. The lowest BCUT2D eigenvalue weighted by Gasteiger charge is -2.39. The van der Waals surface area contributed by atoms with Crippen molar-refractivity contribution in [3.05, 3.63) is 45.3 Å². The van der Waals surface area contributed by atoms with Crippen LogP contribution in [0.5, 0.6) is 0 Å². The number of nitrogens with zero attached hydrogens (tertiary/aromatic N) is 8. The number of aromatic amines is 1. The zero-order valence-electron chi connectivity index (χ0n) is 26.3. The highest BCUT2D eigenvalue weighted by Gasteiger charge is 2.49. The van der Waals surface area contributed by atoms with Crippen LogP contribution in [-0.2, 0) is 18.3 Å². The minimum atomic E-state index is -0.421. The van der Waals surface area contributed by atoms with Crippen LogP contribution in [0, 0.1) is 11.3 Å². The molecule has 46 heavy (non-hydrogen) atoms. The second-order valence-corrected chi connectivity index (χ2v) is 14.3. The van der Waals surface area contributed by atoms with Gasteiger partial charge in [-0.3, -0.25) is 5.10 Å². The van der Waals surface area contributed by atoms with Crippen LogP contribution in [0.1, 0.15) is 97.5 Å². The highest BCUT2D eigenvalue weighted by atomic mass is 32.1. The number of thiophene rings is 1. The van der Waals surface area contributed by atoms with E-state index in [4.69, 9.17) is 31.1 Å². The molecule has 238 valence electrons. The number of rotatable bonds is 6. The first-order valence-corrected chi connectivity index (χ1v) is 16.9. The van der Waals surface area contributed by atoms with Crippen molar-refractivity contribution in [1.29, 1.82) is 5.26 Å². The first kappa shape index (κ1) is 29.0. The van der Waals surface area contributed by atoms with Crippen LogP contribution in [-0.4, -0.2) is 59.6 Å². The number of nitrogen functional groups attached to an aromatic ring is 2. The number of anilines is 3. The van der Waals surface area contributed by atoms with Crippen molar-refractivity contribution in [2.45, 2.75) is 88.8 Å². The maximum atomic E-state index is 10.1. The lowest BCUT2D eigenvalue weighted by Crippen LogP contribution is -2.35. The van der Waals surface area contributed by atoms with Gasteiger partial charge in [0, 0.05) is 22.5 Å². The van der Waals surface area contributed by atoms with Gasteiger partial charge in [0.25, 0.3) is 0 Å². The lowest BCUT2D eigenvalue weighted by molar-refractivity contribution is 0.232. The third kappa shape index (κ3) is 4.32. The Labute approximate surface area is 270 Å². The Hall–Kier alpha value is -4.48. The van der Waals surface area contributed by atoms with Crippen LogP contribution in [0.3, 0.4) is 0 Å². The summed E-state index contributed by atoms with van der Waals surface area (Å²) in [5.74, 6) is 2.40. The molecule has 8 rings (SSSR count). The van der Waals surface area contributed by atoms with Crippen molar-refractivity contribution in [1.82, 2.24) is 40.0 Å². The summed E-state index contributed by atoms with van der Waals surface area (Å²) in [5, 5.41) is 31.8. The van der Waals surface area contributed by atoms with Gasteiger partial charge < -0.3 is 26.2 Å². The molecule has 3 aliphatic rings. The van der Waals surface area contributed by atoms with E-state index >= 15 is 0 Å². The Bertz CT molecular complexity index is 1990. The van der Waals surface area contributed by atoms with Crippen LogP contribution >= 0.6 is 11.3 Å². The number of aromatic nitrogens is 7. The van der Waals surface area contributed by atoms with Gasteiger partial charge >= 0.3 is 0 Å². The van der Waals surface area contributed by atoms with E-state index in [0.29, 0.717) is 39.8 Å². The monoisotopic (exact) mass is 638 g/mol. The summed E-state index contributed by atoms with van der Waals surface area (Å²) in [4.78, 5) is 13.8. The topological polar surface area (TPSA) is 189 Å². The van der Waals surface area contributed by atoms with E-state index in [1.165, 1.54) is 11.3 Å². The maximum absolute atomic E-state index is 10.1. The Morgan fingerprint density at radius 3 is 2.76 bits per heavy atom. The van der Waals surface area contributed by atoms with E-state index in [2.05, 4.69) is 45.6 Å². The summed E-state index contributed by atoms with van der Waals surface area (Å²) in [5.41, 5.74) is 16.8. The minimum absolute atomic E-state index is 0.106. The molecule has 1 spiro atoms. The van der Waals surface area contributed by atoms with E-state index in [-0.39, 0.29) is 12.1 Å². The van der Waals surface area contributed by atoms with Gasteiger partial charge in [0.05, 0.1) is 40.3 Å². The molecule has 0 amide bonds. The average molecular weight is 639 g/mol. The minimum Gasteiger partial charge on any atom is -0.389 e. The van der Waals surface area contributed by atoms with Crippen LogP contribution in [0.15, 0.2) is 16.8 Å². The maximum Gasteiger partial charge on any atom is 0.186 e. The third-order valence-corrected chi connectivity index (χ3v) is 11.6. The van der Waals surface area contributed by atoms with Crippen molar-refractivity contribution in [3.8, 4) is 17.6 Å². The van der Waals surface area contributed by atoms with Crippen LogP contribution in [0.2, 0.25) is 0 Å². The molecule has 6 heterocycles. The van der Waals surface area contributed by atoms with Gasteiger partial charge in [-0.1, -0.05) is 5.16 Å². The number of nitriles is 1. The molecule has 1 fully saturated rings. The summed E-state index contributed by atoms with van der Waals surface area (Å²) in [7, 11) is 2.18. The fourth-order valence-corrected chi connectivity index (χ4v) is 9.38. The molecule has 4 unspecified atom stereocenters. The van der Waals surface area contributed by atoms with Gasteiger partial charge in [0.1, 0.15) is 22.7 Å². The summed E-state index contributed by atoms with van der Waals surface area (Å²) in [6, 6.07) is 4.52. The number of hydrogen-bond acceptors (Lipinski definition) is 12. The van der Waals surface area contributed by atoms with E-state index < -0.39 is 5.41 Å². The van der Waals surface area contributed by atoms with Crippen molar-refractivity contribution in [2.75, 3.05) is 30.4 Å². The van der Waals surface area contributed by atoms with E-state index in [1.54, 1.807) is 11.3 Å². The zero-order chi connectivity index (χ0) is 31.7. The lowest BCUT2D eigenvalue weighted by atomic mass is 9.63. The molecule has 6 N–H and O–H groups in total. The summed E-state index contributed by atoms with van der Waals surface area (Å²) in [6.45, 7) is 5.32. The predicted molar refractivity (Wildman–Crippen MR) is 176 cm³/mol. The Kier molecular flexibility index (Phi) is 6.80. The van der Waals surface area contributed by atoms with Gasteiger partial charge in [-0.05, 0) is 84.4 Å². The largest absolute Gasteiger partial charge is 0.389 e. The smallest absolute Gasteiger partial charge is 0.186 e. The summed E-state index contributed by atoms with van der Waals surface area (Å²) >= 11 is 1.54. The Morgan fingerprint density at radius 2 is 2.02 bits per heavy atom. The average Bonchev–Trinajstić information content (AvgIpc) is 3.87. The number of H-pyrrole nitrogens is 1. The molecule has 5 aromatic heterocycles. The van der Waals surface area contributed by atoms with E-state index in [1.807, 2.05) is 23.9 Å². The normalized spacial score (nSPS) is 22.5. The highest BCUT2D eigenvalue weighted by molar-refractivity contribution is 7.16. The Balaban J connectivity index is 1.27. The Morgan fingerprint density at radius 1 is 1.20 bits per heavy atom. The fraction of sp³-hybridized carbons (Fsp3) is 0.500. The number of fused-ring (bicyclic) bond motifs is 5. The van der Waals surface area contributed by atoms with Crippen molar-refractivity contribution < 1.29 is 4.52 Å². The van der Waals surface area contributed by atoms with Gasteiger partial charge in [0.2, 0.25) is 0 Å². The van der Waals surface area contributed by atoms with Gasteiger partial charge in [-0.2, -0.15) is 15.5 Å². The molecule has 13 nitrogen and oxygen atoms in total. The molecular formula is C32H38N12OS. The second-order valence-electron chi connectivity index (χ2n) is 13.1. The van der Waals surface area contributed by atoms with Crippen molar-refractivity contribution in [3.63, 3.8) is 0 Å². The first-order valence-electron chi connectivity index (χ1n) is 16.1. The molecule has 1 saturated heterocycles. The standard InChI is InChI=1S/C32H38N12OS/c1-16(21-13-24(34)41-40-21)37-29-20-15-36-44(17(2)22-8-6-12-43(22)3)31(20)39-30(38-29)26-18-7-4-10-32(27(18)45-42-26)11-5-9-23-25(32)19(14-33)28(35)46-23/h13,15-17,22H,4-12,35H2,1-3H3,(H3,34,40,41)(H,37,38,39). The van der Waals surface area contributed by atoms with E-state index in [0.717, 1.165) is 85.1 Å². The molecule has 0 radical (unpaired) electrons. The van der Waals surface area contributed by atoms with E-state index in [9.17, 15) is 5.26 Å². The molecular weight excluding hydrogens is 601 g/mol. The van der Waals surface area contributed by atoms with Gasteiger partial charge in [0.15, 0.2) is 22.9 Å². The van der Waals surface area contributed by atoms with Crippen molar-refractivity contribution >= 4 is 39.0 Å². The second kappa shape index (κ2) is 10.8. The number of nitrogens with one attached hydrogen (secondary N) is 2. The van der Waals surface area contributed by atoms with Crippen LogP contribution < -0.4 is 16.8 Å². The zero-order valence-corrected chi connectivity index (χ0v) is 27.1.